The summed E-state index contributed by atoms with van der Waals surface area (Å²) in [6, 6.07) is 14.1. The lowest BCUT2D eigenvalue weighted by Crippen LogP contribution is -2.30. The number of nitrogens with zero attached hydrogens (tertiary/aromatic N) is 1. The lowest BCUT2D eigenvalue weighted by molar-refractivity contribution is 0.587. The van der Waals surface area contributed by atoms with Gasteiger partial charge in [0.25, 0.3) is 0 Å². The largest absolute Gasteiger partial charge is 0.367 e. The van der Waals surface area contributed by atoms with Gasteiger partial charge >= 0.3 is 0 Å². The zero-order chi connectivity index (χ0) is 17.5. The van der Waals surface area contributed by atoms with Crippen LogP contribution in [-0.4, -0.2) is 21.2 Å². The molecule has 1 aliphatic heterocycles. The first-order chi connectivity index (χ1) is 11.1. The summed E-state index contributed by atoms with van der Waals surface area (Å²) in [4.78, 5) is 2.69. The van der Waals surface area contributed by atoms with E-state index in [9.17, 15) is 8.42 Å². The van der Waals surface area contributed by atoms with Crippen molar-refractivity contribution >= 4 is 15.5 Å². The summed E-state index contributed by atoms with van der Waals surface area (Å²) in [7, 11) is -3.14. The summed E-state index contributed by atoms with van der Waals surface area (Å²) in [5, 5.41) is 0. The molecule has 1 aliphatic rings. The zero-order valence-corrected chi connectivity index (χ0v) is 15.7. The topological polar surface area (TPSA) is 37.4 Å². The molecule has 0 N–H and O–H groups in total. The quantitative estimate of drug-likeness (QED) is 0.828. The number of hydrogen-bond acceptors (Lipinski definition) is 3. The van der Waals surface area contributed by atoms with Crippen LogP contribution in [0.25, 0.3) is 0 Å². The minimum atomic E-state index is -3.14. The van der Waals surface area contributed by atoms with Gasteiger partial charge in [-0.1, -0.05) is 39.0 Å². The molecule has 0 unspecified atom stereocenters. The highest BCUT2D eigenvalue weighted by Crippen LogP contribution is 2.30. The first-order valence-corrected chi connectivity index (χ1v) is 10.2. The Morgan fingerprint density at radius 3 is 2.21 bits per heavy atom. The molecule has 0 saturated heterocycles. The van der Waals surface area contributed by atoms with E-state index < -0.39 is 9.84 Å². The second-order valence-electron chi connectivity index (χ2n) is 7.67. The molecule has 0 aliphatic carbocycles. The van der Waals surface area contributed by atoms with Gasteiger partial charge in [0.2, 0.25) is 0 Å². The zero-order valence-electron chi connectivity index (χ0n) is 14.8. The van der Waals surface area contributed by atoms with Crippen LogP contribution in [0.4, 0.5) is 5.69 Å². The molecule has 24 heavy (non-hydrogen) atoms. The van der Waals surface area contributed by atoms with E-state index in [0.29, 0.717) is 4.90 Å². The molecule has 0 fully saturated rings. The molecule has 1 heterocycles. The predicted octanol–water partition coefficient (Wildman–Crippen LogP) is 3.95. The van der Waals surface area contributed by atoms with Crippen LogP contribution in [0, 0.1) is 0 Å². The van der Waals surface area contributed by atoms with Gasteiger partial charge in [0.15, 0.2) is 9.84 Å². The molecule has 0 atom stereocenters. The lowest BCUT2D eigenvalue weighted by Gasteiger charge is -2.32. The summed E-state index contributed by atoms with van der Waals surface area (Å²) in [6.07, 6.45) is 2.26. The monoisotopic (exact) mass is 343 g/mol. The van der Waals surface area contributed by atoms with Gasteiger partial charge in [-0.2, -0.15) is 0 Å². The Labute approximate surface area is 145 Å². The van der Waals surface area contributed by atoms with Crippen molar-refractivity contribution in [3.05, 3.63) is 59.2 Å². The lowest BCUT2D eigenvalue weighted by atomic mass is 9.84. The van der Waals surface area contributed by atoms with Gasteiger partial charge in [0.1, 0.15) is 0 Å². The van der Waals surface area contributed by atoms with Crippen molar-refractivity contribution in [3.63, 3.8) is 0 Å². The van der Waals surface area contributed by atoms with Crippen LogP contribution in [0.15, 0.2) is 47.4 Å². The first kappa shape index (κ1) is 17.0. The van der Waals surface area contributed by atoms with E-state index in [1.165, 1.54) is 22.9 Å². The minimum Gasteiger partial charge on any atom is -0.367 e. The van der Waals surface area contributed by atoms with Crippen LogP contribution in [0.5, 0.6) is 0 Å². The van der Waals surface area contributed by atoms with Crippen LogP contribution in [0.2, 0.25) is 0 Å². The van der Waals surface area contributed by atoms with Gasteiger partial charge in [0.05, 0.1) is 4.90 Å². The Hall–Kier alpha value is -1.81. The highest BCUT2D eigenvalue weighted by atomic mass is 32.2. The smallest absolute Gasteiger partial charge is 0.175 e. The van der Waals surface area contributed by atoms with E-state index in [2.05, 4.69) is 43.9 Å². The Kier molecular flexibility index (Phi) is 4.20. The van der Waals surface area contributed by atoms with E-state index in [0.717, 1.165) is 25.2 Å². The van der Waals surface area contributed by atoms with E-state index in [1.807, 2.05) is 12.1 Å². The molecule has 0 aromatic heterocycles. The van der Waals surface area contributed by atoms with Crippen molar-refractivity contribution in [2.45, 2.75) is 44.0 Å². The summed E-state index contributed by atoms with van der Waals surface area (Å²) < 4.78 is 23.2. The second-order valence-corrected chi connectivity index (χ2v) is 9.69. The maximum atomic E-state index is 11.6. The van der Waals surface area contributed by atoms with Gasteiger partial charge in [0, 0.05) is 25.0 Å². The molecule has 0 bridgehead atoms. The van der Waals surface area contributed by atoms with Crippen LogP contribution in [-0.2, 0) is 28.2 Å². The van der Waals surface area contributed by atoms with Crippen molar-refractivity contribution < 1.29 is 8.42 Å². The summed E-state index contributed by atoms with van der Waals surface area (Å²) >= 11 is 0. The van der Waals surface area contributed by atoms with Crippen molar-refractivity contribution in [3.8, 4) is 0 Å². The van der Waals surface area contributed by atoms with Crippen molar-refractivity contribution in [2.75, 3.05) is 17.7 Å². The SMILES string of the molecule is CC(C)(C)c1ccc2c(c1)CN(c1ccc(S(C)(=O)=O)cc1)CC2. The minimum absolute atomic E-state index is 0.147. The van der Waals surface area contributed by atoms with Gasteiger partial charge in [-0.05, 0) is 52.8 Å². The average Bonchev–Trinajstić information content (AvgIpc) is 2.52. The van der Waals surface area contributed by atoms with Gasteiger partial charge < -0.3 is 4.90 Å². The van der Waals surface area contributed by atoms with E-state index in [-0.39, 0.29) is 5.41 Å². The van der Waals surface area contributed by atoms with Crippen molar-refractivity contribution in [2.24, 2.45) is 0 Å². The Bertz CT molecular complexity index is 846. The van der Waals surface area contributed by atoms with Gasteiger partial charge in [-0.3, -0.25) is 0 Å². The van der Waals surface area contributed by atoms with Gasteiger partial charge in [-0.25, -0.2) is 8.42 Å². The average molecular weight is 343 g/mol. The van der Waals surface area contributed by atoms with E-state index in [1.54, 1.807) is 12.1 Å². The third-order valence-electron chi connectivity index (χ3n) is 4.71. The fourth-order valence-electron chi connectivity index (χ4n) is 3.15. The summed E-state index contributed by atoms with van der Waals surface area (Å²) in [5.41, 5.74) is 5.38. The highest BCUT2D eigenvalue weighted by Gasteiger charge is 2.20. The molecule has 0 amide bonds. The molecule has 2 aromatic rings. The normalized spacial score (nSPS) is 15.2. The van der Waals surface area contributed by atoms with Crippen LogP contribution in [0.3, 0.4) is 0 Å². The molecule has 0 spiro atoms. The van der Waals surface area contributed by atoms with Crippen LogP contribution in [0.1, 0.15) is 37.5 Å². The Morgan fingerprint density at radius 1 is 0.958 bits per heavy atom. The molecule has 3 nitrogen and oxygen atoms in total. The molecule has 0 saturated carbocycles. The van der Waals surface area contributed by atoms with Gasteiger partial charge in [-0.15, -0.1) is 0 Å². The second kappa shape index (κ2) is 5.92. The van der Waals surface area contributed by atoms with Crippen LogP contribution < -0.4 is 4.90 Å². The molecule has 4 heteroatoms. The number of hydrogen-bond donors (Lipinski definition) is 0. The first-order valence-electron chi connectivity index (χ1n) is 8.32. The fraction of sp³-hybridized carbons (Fsp3) is 0.400. The number of benzene rings is 2. The number of sulfone groups is 1. The Morgan fingerprint density at radius 2 is 1.62 bits per heavy atom. The van der Waals surface area contributed by atoms with E-state index in [4.69, 9.17) is 0 Å². The maximum Gasteiger partial charge on any atom is 0.175 e. The van der Waals surface area contributed by atoms with E-state index >= 15 is 0 Å². The third kappa shape index (κ3) is 3.48. The van der Waals surface area contributed by atoms with Crippen molar-refractivity contribution in [1.82, 2.24) is 0 Å². The fourth-order valence-corrected chi connectivity index (χ4v) is 3.78. The molecular formula is C20H25NO2S. The molecule has 2 aromatic carbocycles. The summed E-state index contributed by atoms with van der Waals surface area (Å²) in [5.74, 6) is 0. The maximum absolute atomic E-state index is 11.6. The van der Waals surface area contributed by atoms with Crippen molar-refractivity contribution in [1.29, 1.82) is 0 Å². The van der Waals surface area contributed by atoms with Crippen LogP contribution >= 0.6 is 0 Å². The number of fused-ring (bicyclic) bond motifs is 1. The highest BCUT2D eigenvalue weighted by molar-refractivity contribution is 7.90. The molecule has 0 radical (unpaired) electrons. The predicted molar refractivity (Wildman–Crippen MR) is 99.4 cm³/mol. The molecule has 128 valence electrons. The molecular weight excluding hydrogens is 318 g/mol. The summed E-state index contributed by atoms with van der Waals surface area (Å²) in [6.45, 7) is 8.54. The number of anilines is 1. The third-order valence-corrected chi connectivity index (χ3v) is 5.84. The number of rotatable bonds is 2. The Balaban J connectivity index is 1.86. The standard InChI is InChI=1S/C20H25NO2S/c1-20(2,3)17-6-5-15-11-12-21(14-16(15)13-17)18-7-9-19(10-8-18)24(4,22)23/h5-10,13H,11-12,14H2,1-4H3. The molecule has 3 rings (SSSR count).